The quantitative estimate of drug-likeness (QED) is 0.914. The predicted octanol–water partition coefficient (Wildman–Crippen LogP) is 2.47. The number of H-pyrrole nitrogens is 1. The standard InChI is InChI=1S/C15H18N2O3S/c1-15(2,3)12-6-4-5-7-13(12)17-21(19,20)11-8-9-14(18)16-10-11/h4-10,17H,1-3H3,(H,16,18). The number of para-hydroxylation sites is 1. The molecule has 1 aromatic heterocycles. The maximum absolute atomic E-state index is 12.4. The van der Waals surface area contributed by atoms with Crippen LogP contribution in [-0.2, 0) is 15.4 Å². The van der Waals surface area contributed by atoms with Gasteiger partial charge in [0.05, 0.1) is 5.69 Å². The van der Waals surface area contributed by atoms with Crippen molar-refractivity contribution < 1.29 is 8.42 Å². The van der Waals surface area contributed by atoms with Gasteiger partial charge in [0.1, 0.15) is 4.90 Å². The van der Waals surface area contributed by atoms with E-state index in [0.29, 0.717) is 5.69 Å². The van der Waals surface area contributed by atoms with E-state index in [1.807, 2.05) is 32.9 Å². The Morgan fingerprint density at radius 2 is 1.71 bits per heavy atom. The highest BCUT2D eigenvalue weighted by atomic mass is 32.2. The van der Waals surface area contributed by atoms with Crippen LogP contribution < -0.4 is 10.3 Å². The van der Waals surface area contributed by atoms with Crippen LogP contribution >= 0.6 is 0 Å². The van der Waals surface area contributed by atoms with Gasteiger partial charge in [0, 0.05) is 12.3 Å². The van der Waals surface area contributed by atoms with Gasteiger partial charge in [-0.3, -0.25) is 9.52 Å². The fourth-order valence-electron chi connectivity index (χ4n) is 1.99. The Hall–Kier alpha value is -2.08. The Bertz CT molecular complexity index is 782. The summed E-state index contributed by atoms with van der Waals surface area (Å²) in [6.07, 6.45) is 1.18. The number of rotatable bonds is 3. The first kappa shape index (κ1) is 15.3. The molecule has 0 saturated heterocycles. The number of anilines is 1. The summed E-state index contributed by atoms with van der Waals surface area (Å²) in [4.78, 5) is 13.4. The number of sulfonamides is 1. The van der Waals surface area contributed by atoms with Gasteiger partial charge < -0.3 is 4.98 Å². The minimum atomic E-state index is -3.73. The molecule has 0 aliphatic heterocycles. The molecule has 6 heteroatoms. The topological polar surface area (TPSA) is 79.0 Å². The summed E-state index contributed by atoms with van der Waals surface area (Å²) in [5.41, 5.74) is 0.905. The van der Waals surface area contributed by atoms with E-state index in [4.69, 9.17) is 0 Å². The van der Waals surface area contributed by atoms with Gasteiger partial charge in [-0.15, -0.1) is 0 Å². The van der Waals surface area contributed by atoms with Crippen molar-refractivity contribution in [1.29, 1.82) is 0 Å². The second-order valence-electron chi connectivity index (χ2n) is 5.79. The molecule has 21 heavy (non-hydrogen) atoms. The molecule has 1 heterocycles. The van der Waals surface area contributed by atoms with Gasteiger partial charge in [0.15, 0.2) is 0 Å². The molecule has 112 valence electrons. The third kappa shape index (κ3) is 3.52. The summed E-state index contributed by atoms with van der Waals surface area (Å²) >= 11 is 0. The Balaban J connectivity index is 2.42. The molecule has 0 saturated carbocycles. The zero-order valence-corrected chi connectivity index (χ0v) is 13.0. The Labute approximate surface area is 124 Å². The second-order valence-corrected chi connectivity index (χ2v) is 7.47. The predicted molar refractivity (Wildman–Crippen MR) is 83.0 cm³/mol. The average molecular weight is 306 g/mol. The first-order valence-corrected chi connectivity index (χ1v) is 7.99. The van der Waals surface area contributed by atoms with Crippen molar-refractivity contribution in [1.82, 2.24) is 4.98 Å². The first-order chi connectivity index (χ1) is 9.70. The highest BCUT2D eigenvalue weighted by Gasteiger charge is 2.21. The summed E-state index contributed by atoms with van der Waals surface area (Å²) in [5, 5.41) is 0. The molecule has 0 amide bonds. The van der Waals surface area contributed by atoms with E-state index in [9.17, 15) is 13.2 Å². The van der Waals surface area contributed by atoms with Crippen molar-refractivity contribution >= 4 is 15.7 Å². The highest BCUT2D eigenvalue weighted by Crippen LogP contribution is 2.30. The lowest BCUT2D eigenvalue weighted by atomic mass is 9.86. The van der Waals surface area contributed by atoms with Crippen molar-refractivity contribution in [2.45, 2.75) is 31.1 Å². The molecule has 0 radical (unpaired) electrons. The summed E-state index contributed by atoms with van der Waals surface area (Å²) < 4.78 is 27.3. The minimum absolute atomic E-state index is 0.0193. The van der Waals surface area contributed by atoms with Crippen LogP contribution in [0.1, 0.15) is 26.3 Å². The van der Waals surface area contributed by atoms with Crippen LogP contribution in [0.2, 0.25) is 0 Å². The summed E-state index contributed by atoms with van der Waals surface area (Å²) in [5.74, 6) is 0. The molecule has 0 aliphatic carbocycles. The number of benzene rings is 1. The number of aromatic nitrogens is 1. The van der Waals surface area contributed by atoms with Crippen LogP contribution in [0.4, 0.5) is 5.69 Å². The van der Waals surface area contributed by atoms with E-state index in [-0.39, 0.29) is 15.9 Å². The minimum Gasteiger partial charge on any atom is -0.328 e. The maximum Gasteiger partial charge on any atom is 0.263 e. The number of nitrogens with one attached hydrogen (secondary N) is 2. The number of hydrogen-bond donors (Lipinski definition) is 2. The van der Waals surface area contributed by atoms with Crippen LogP contribution in [0.3, 0.4) is 0 Å². The highest BCUT2D eigenvalue weighted by molar-refractivity contribution is 7.92. The van der Waals surface area contributed by atoms with Crippen molar-refractivity contribution in [3.63, 3.8) is 0 Å². The molecule has 0 aliphatic rings. The molecule has 0 bridgehead atoms. The van der Waals surface area contributed by atoms with Gasteiger partial charge >= 0.3 is 0 Å². The van der Waals surface area contributed by atoms with Crippen molar-refractivity contribution in [3.8, 4) is 0 Å². The van der Waals surface area contributed by atoms with Gasteiger partial charge in [-0.2, -0.15) is 0 Å². The van der Waals surface area contributed by atoms with Gasteiger partial charge in [0.2, 0.25) is 5.56 Å². The Morgan fingerprint density at radius 3 is 2.29 bits per heavy atom. The molecular weight excluding hydrogens is 288 g/mol. The lowest BCUT2D eigenvalue weighted by Crippen LogP contribution is -2.19. The van der Waals surface area contributed by atoms with Crippen LogP contribution in [0.15, 0.2) is 52.3 Å². The third-order valence-electron chi connectivity index (χ3n) is 3.05. The average Bonchev–Trinajstić information content (AvgIpc) is 2.38. The van der Waals surface area contributed by atoms with E-state index in [1.54, 1.807) is 12.1 Å². The lowest BCUT2D eigenvalue weighted by molar-refractivity contribution is 0.590. The number of hydrogen-bond acceptors (Lipinski definition) is 3. The fraction of sp³-hybridized carbons (Fsp3) is 0.267. The van der Waals surface area contributed by atoms with Crippen LogP contribution in [0.5, 0.6) is 0 Å². The van der Waals surface area contributed by atoms with Gasteiger partial charge in [0.25, 0.3) is 10.0 Å². The normalized spacial score (nSPS) is 12.1. The van der Waals surface area contributed by atoms with Crippen LogP contribution in [0, 0.1) is 0 Å². The summed E-state index contributed by atoms with van der Waals surface area (Å²) in [6.45, 7) is 6.04. The molecule has 2 aromatic rings. The van der Waals surface area contributed by atoms with E-state index >= 15 is 0 Å². The molecule has 1 aromatic carbocycles. The van der Waals surface area contributed by atoms with E-state index in [1.165, 1.54) is 18.3 Å². The van der Waals surface area contributed by atoms with Gasteiger partial charge in [-0.05, 0) is 23.1 Å². The molecule has 2 N–H and O–H groups in total. The number of aromatic amines is 1. The maximum atomic E-state index is 12.4. The summed E-state index contributed by atoms with van der Waals surface area (Å²) in [6, 6.07) is 9.73. The molecule has 0 spiro atoms. The first-order valence-electron chi connectivity index (χ1n) is 6.51. The summed E-state index contributed by atoms with van der Waals surface area (Å²) in [7, 11) is -3.73. The largest absolute Gasteiger partial charge is 0.328 e. The molecular formula is C15H18N2O3S. The molecule has 2 rings (SSSR count). The van der Waals surface area contributed by atoms with Gasteiger partial charge in [-0.1, -0.05) is 39.0 Å². The van der Waals surface area contributed by atoms with Gasteiger partial charge in [-0.25, -0.2) is 8.42 Å². The zero-order chi connectivity index (χ0) is 15.7. The molecule has 0 fully saturated rings. The molecule has 5 nitrogen and oxygen atoms in total. The van der Waals surface area contributed by atoms with E-state index < -0.39 is 10.0 Å². The van der Waals surface area contributed by atoms with Crippen molar-refractivity contribution in [2.24, 2.45) is 0 Å². The van der Waals surface area contributed by atoms with Crippen molar-refractivity contribution in [3.05, 3.63) is 58.5 Å². The van der Waals surface area contributed by atoms with Crippen LogP contribution in [0.25, 0.3) is 0 Å². The fourth-order valence-corrected chi connectivity index (χ4v) is 3.04. The Morgan fingerprint density at radius 1 is 1.05 bits per heavy atom. The Kier molecular flexibility index (Phi) is 3.91. The van der Waals surface area contributed by atoms with E-state index in [2.05, 4.69) is 9.71 Å². The van der Waals surface area contributed by atoms with Crippen LogP contribution in [-0.4, -0.2) is 13.4 Å². The third-order valence-corrected chi connectivity index (χ3v) is 4.41. The second kappa shape index (κ2) is 5.37. The number of pyridine rings is 1. The molecule has 0 atom stereocenters. The lowest BCUT2D eigenvalue weighted by Gasteiger charge is -2.23. The molecule has 0 unspecified atom stereocenters. The zero-order valence-electron chi connectivity index (χ0n) is 12.2. The smallest absolute Gasteiger partial charge is 0.263 e. The van der Waals surface area contributed by atoms with E-state index in [0.717, 1.165) is 5.56 Å². The monoisotopic (exact) mass is 306 g/mol. The SMILES string of the molecule is CC(C)(C)c1ccccc1NS(=O)(=O)c1ccc(=O)[nH]c1. The van der Waals surface area contributed by atoms with Crippen molar-refractivity contribution in [2.75, 3.05) is 4.72 Å².